The maximum atomic E-state index is 11.9. The Kier molecular flexibility index (Phi) is 5.29. The largest absolute Gasteiger partial charge is 0.356 e. The van der Waals surface area contributed by atoms with E-state index in [9.17, 15) is 9.59 Å². The highest BCUT2D eigenvalue weighted by molar-refractivity contribution is 5.78. The summed E-state index contributed by atoms with van der Waals surface area (Å²) in [6.45, 7) is 5.76. The summed E-state index contributed by atoms with van der Waals surface area (Å²) in [6, 6.07) is 0. The first-order valence-electron chi connectivity index (χ1n) is 6.15. The molecule has 0 radical (unpaired) electrons. The third-order valence-corrected chi connectivity index (χ3v) is 2.73. The van der Waals surface area contributed by atoms with Crippen molar-refractivity contribution in [2.45, 2.75) is 39.5 Å². The van der Waals surface area contributed by atoms with Crippen LogP contribution in [-0.2, 0) is 9.59 Å². The van der Waals surface area contributed by atoms with Gasteiger partial charge in [-0.1, -0.05) is 6.92 Å². The van der Waals surface area contributed by atoms with Crippen molar-refractivity contribution in [3.05, 3.63) is 0 Å². The van der Waals surface area contributed by atoms with Gasteiger partial charge in [0.1, 0.15) is 0 Å². The first-order chi connectivity index (χ1) is 7.63. The first-order valence-corrected chi connectivity index (χ1v) is 6.15. The standard InChI is InChI=1S/C12H22N2O2/c1-3-8-14(9-11-4-5-11)12(16)6-7-13-10(2)15/h11H,3-9H2,1-2H3,(H,13,15). The number of rotatable bonds is 7. The van der Waals surface area contributed by atoms with Crippen molar-refractivity contribution in [2.24, 2.45) is 5.92 Å². The highest BCUT2D eigenvalue weighted by Gasteiger charge is 2.25. The average molecular weight is 226 g/mol. The molecule has 0 aromatic carbocycles. The SMILES string of the molecule is CCCN(CC1CC1)C(=O)CCNC(C)=O. The molecule has 0 unspecified atom stereocenters. The molecule has 16 heavy (non-hydrogen) atoms. The van der Waals surface area contributed by atoms with E-state index in [1.807, 2.05) is 4.90 Å². The third kappa shape index (κ3) is 5.14. The lowest BCUT2D eigenvalue weighted by atomic mass is 10.3. The molecule has 0 atom stereocenters. The van der Waals surface area contributed by atoms with Crippen molar-refractivity contribution in [2.75, 3.05) is 19.6 Å². The zero-order valence-corrected chi connectivity index (χ0v) is 10.3. The molecule has 1 rings (SSSR count). The number of carbonyl (C=O) groups excluding carboxylic acids is 2. The van der Waals surface area contributed by atoms with Crippen LogP contribution in [0, 0.1) is 5.92 Å². The molecule has 2 amide bonds. The second-order valence-electron chi connectivity index (χ2n) is 4.52. The molecule has 4 nitrogen and oxygen atoms in total. The molecule has 0 bridgehead atoms. The van der Waals surface area contributed by atoms with E-state index in [1.165, 1.54) is 19.8 Å². The molecule has 1 aliphatic carbocycles. The Balaban J connectivity index is 2.25. The van der Waals surface area contributed by atoms with Crippen molar-refractivity contribution in [3.63, 3.8) is 0 Å². The zero-order valence-electron chi connectivity index (χ0n) is 10.3. The van der Waals surface area contributed by atoms with Crippen LogP contribution in [0.4, 0.5) is 0 Å². The van der Waals surface area contributed by atoms with Gasteiger partial charge in [-0.3, -0.25) is 9.59 Å². The van der Waals surface area contributed by atoms with Crippen LogP contribution in [0.2, 0.25) is 0 Å². The molecule has 0 spiro atoms. The molecule has 0 saturated heterocycles. The quantitative estimate of drug-likeness (QED) is 0.708. The van der Waals surface area contributed by atoms with Crippen molar-refractivity contribution in [1.82, 2.24) is 10.2 Å². The van der Waals surface area contributed by atoms with Crippen LogP contribution in [0.3, 0.4) is 0 Å². The molecule has 92 valence electrons. The van der Waals surface area contributed by atoms with E-state index in [4.69, 9.17) is 0 Å². The number of carbonyl (C=O) groups is 2. The zero-order chi connectivity index (χ0) is 12.0. The second-order valence-corrected chi connectivity index (χ2v) is 4.52. The minimum absolute atomic E-state index is 0.0722. The summed E-state index contributed by atoms with van der Waals surface area (Å²) < 4.78 is 0. The fraction of sp³-hybridized carbons (Fsp3) is 0.833. The average Bonchev–Trinajstić information content (AvgIpc) is 3.00. The Morgan fingerprint density at radius 3 is 2.56 bits per heavy atom. The smallest absolute Gasteiger partial charge is 0.224 e. The summed E-state index contributed by atoms with van der Waals surface area (Å²) in [5, 5.41) is 2.66. The first kappa shape index (κ1) is 13.0. The van der Waals surface area contributed by atoms with Crippen LogP contribution in [-0.4, -0.2) is 36.3 Å². The highest BCUT2D eigenvalue weighted by atomic mass is 16.2. The van der Waals surface area contributed by atoms with E-state index in [1.54, 1.807) is 0 Å². The molecule has 0 aliphatic heterocycles. The predicted molar refractivity (Wildman–Crippen MR) is 62.9 cm³/mol. The van der Waals surface area contributed by atoms with Crippen LogP contribution < -0.4 is 5.32 Å². The van der Waals surface area contributed by atoms with Gasteiger partial charge < -0.3 is 10.2 Å². The van der Waals surface area contributed by atoms with Gasteiger partial charge >= 0.3 is 0 Å². The number of amides is 2. The topological polar surface area (TPSA) is 49.4 Å². The highest BCUT2D eigenvalue weighted by Crippen LogP contribution is 2.29. The van der Waals surface area contributed by atoms with Gasteiger partial charge in [-0.2, -0.15) is 0 Å². The van der Waals surface area contributed by atoms with E-state index in [0.29, 0.717) is 13.0 Å². The Morgan fingerprint density at radius 1 is 1.38 bits per heavy atom. The van der Waals surface area contributed by atoms with Crippen molar-refractivity contribution in [1.29, 1.82) is 0 Å². The van der Waals surface area contributed by atoms with E-state index in [0.717, 1.165) is 25.4 Å². The van der Waals surface area contributed by atoms with Crippen LogP contribution in [0.25, 0.3) is 0 Å². The van der Waals surface area contributed by atoms with Gasteiger partial charge in [-0.25, -0.2) is 0 Å². The summed E-state index contributed by atoms with van der Waals surface area (Å²) in [6.07, 6.45) is 3.95. The Hall–Kier alpha value is -1.06. The van der Waals surface area contributed by atoms with E-state index in [-0.39, 0.29) is 11.8 Å². The van der Waals surface area contributed by atoms with Crippen LogP contribution in [0.15, 0.2) is 0 Å². The Labute approximate surface area is 97.4 Å². The monoisotopic (exact) mass is 226 g/mol. The summed E-state index contributed by atoms with van der Waals surface area (Å²) >= 11 is 0. The van der Waals surface area contributed by atoms with Gasteiger partial charge in [0.05, 0.1) is 0 Å². The summed E-state index contributed by atoms with van der Waals surface area (Å²) in [5.41, 5.74) is 0. The van der Waals surface area contributed by atoms with E-state index < -0.39 is 0 Å². The molecular formula is C12H22N2O2. The molecule has 0 aromatic heterocycles. The van der Waals surface area contributed by atoms with E-state index in [2.05, 4.69) is 12.2 Å². The molecule has 1 saturated carbocycles. The van der Waals surface area contributed by atoms with Gasteiger partial charge in [-0.05, 0) is 25.2 Å². The van der Waals surface area contributed by atoms with Gasteiger partial charge in [0.2, 0.25) is 11.8 Å². The number of hydrogen-bond acceptors (Lipinski definition) is 2. The third-order valence-electron chi connectivity index (χ3n) is 2.73. The van der Waals surface area contributed by atoms with Gasteiger partial charge in [0.15, 0.2) is 0 Å². The number of nitrogens with zero attached hydrogens (tertiary/aromatic N) is 1. The number of hydrogen-bond donors (Lipinski definition) is 1. The van der Waals surface area contributed by atoms with Crippen molar-refractivity contribution >= 4 is 11.8 Å². The predicted octanol–water partition coefficient (Wildman–Crippen LogP) is 1.16. The van der Waals surface area contributed by atoms with Gasteiger partial charge in [0, 0.05) is 33.0 Å². The lowest BCUT2D eigenvalue weighted by Crippen LogP contribution is -2.36. The van der Waals surface area contributed by atoms with Crippen LogP contribution in [0.1, 0.15) is 39.5 Å². The number of nitrogens with one attached hydrogen (secondary N) is 1. The molecule has 0 aromatic rings. The molecule has 1 N–H and O–H groups in total. The summed E-state index contributed by atoms with van der Waals surface area (Å²) in [5.74, 6) is 0.829. The maximum Gasteiger partial charge on any atom is 0.224 e. The Morgan fingerprint density at radius 2 is 2.06 bits per heavy atom. The minimum Gasteiger partial charge on any atom is -0.356 e. The lowest BCUT2D eigenvalue weighted by Gasteiger charge is -2.22. The fourth-order valence-electron chi connectivity index (χ4n) is 1.70. The molecular weight excluding hydrogens is 204 g/mol. The van der Waals surface area contributed by atoms with E-state index >= 15 is 0 Å². The second kappa shape index (κ2) is 6.51. The Bertz CT molecular complexity index is 249. The van der Waals surface area contributed by atoms with Crippen LogP contribution >= 0.6 is 0 Å². The van der Waals surface area contributed by atoms with Crippen molar-refractivity contribution in [3.8, 4) is 0 Å². The normalized spacial score (nSPS) is 14.6. The minimum atomic E-state index is -0.0722. The molecule has 1 fully saturated rings. The van der Waals surface area contributed by atoms with Crippen molar-refractivity contribution < 1.29 is 9.59 Å². The van der Waals surface area contributed by atoms with Gasteiger partial charge in [-0.15, -0.1) is 0 Å². The summed E-state index contributed by atoms with van der Waals surface area (Å²) in [4.78, 5) is 24.5. The molecule has 4 heteroatoms. The van der Waals surface area contributed by atoms with Crippen LogP contribution in [0.5, 0.6) is 0 Å². The molecule has 0 heterocycles. The maximum absolute atomic E-state index is 11.9. The fourth-order valence-corrected chi connectivity index (χ4v) is 1.70. The summed E-state index contributed by atoms with van der Waals surface area (Å²) in [7, 11) is 0. The van der Waals surface area contributed by atoms with Gasteiger partial charge in [0.25, 0.3) is 0 Å². The molecule has 1 aliphatic rings. The lowest BCUT2D eigenvalue weighted by molar-refractivity contribution is -0.131.